The van der Waals surface area contributed by atoms with Crippen molar-refractivity contribution in [1.29, 1.82) is 0 Å². The van der Waals surface area contributed by atoms with E-state index in [0.29, 0.717) is 11.8 Å². The van der Waals surface area contributed by atoms with E-state index in [1.807, 2.05) is 12.1 Å². The zero-order chi connectivity index (χ0) is 21.0. The molecule has 2 saturated heterocycles. The Labute approximate surface area is 199 Å². The second-order valence-corrected chi connectivity index (χ2v) is 9.74. The molecule has 0 spiro atoms. The summed E-state index contributed by atoms with van der Waals surface area (Å²) in [7, 11) is 0. The van der Waals surface area contributed by atoms with Gasteiger partial charge in [-0.3, -0.25) is 9.80 Å². The van der Waals surface area contributed by atoms with E-state index in [4.69, 9.17) is 0 Å². The van der Waals surface area contributed by atoms with Crippen molar-refractivity contribution in [3.63, 3.8) is 0 Å². The van der Waals surface area contributed by atoms with Crippen LogP contribution in [-0.4, -0.2) is 66.8 Å². The minimum atomic E-state index is 0. The molecule has 32 heavy (non-hydrogen) atoms. The molecule has 0 bridgehead atoms. The average molecular weight is 456 g/mol. The van der Waals surface area contributed by atoms with Crippen LogP contribution < -0.4 is 4.90 Å². The molecule has 174 valence electrons. The number of piperidine rings is 1. The Morgan fingerprint density at radius 2 is 1.59 bits per heavy atom. The molecule has 0 amide bonds. The maximum Gasteiger partial charge on any atom is 0.115 e. The molecule has 2 aromatic carbocycles. The molecule has 2 heterocycles. The smallest absolute Gasteiger partial charge is 0.115 e. The number of hydrogen-bond acceptors (Lipinski definition) is 4. The second-order valence-electron chi connectivity index (χ2n) is 9.74. The van der Waals surface area contributed by atoms with Crippen molar-refractivity contribution in [2.45, 2.75) is 44.6 Å². The fraction of sp³-hybridized carbons (Fsp3) is 0.556. The topological polar surface area (TPSA) is 30.0 Å². The zero-order valence-electron chi connectivity index (χ0n) is 19.2. The minimum Gasteiger partial charge on any atom is -0.508 e. The number of piperazine rings is 1. The van der Waals surface area contributed by atoms with Crippen molar-refractivity contribution in [2.75, 3.05) is 50.7 Å². The lowest BCUT2D eigenvalue weighted by Crippen LogP contribution is -2.49. The molecule has 2 fully saturated rings. The van der Waals surface area contributed by atoms with E-state index in [1.165, 1.54) is 81.6 Å². The molecule has 2 aromatic rings. The number of hydrogen-bond donors (Lipinski definition) is 1. The van der Waals surface area contributed by atoms with Gasteiger partial charge in [0.25, 0.3) is 0 Å². The number of unbranched alkanes of at least 4 members (excludes halogenated alkanes) is 1. The number of halogens is 1. The van der Waals surface area contributed by atoms with Crippen molar-refractivity contribution in [3.05, 3.63) is 59.7 Å². The van der Waals surface area contributed by atoms with Crippen LogP contribution >= 0.6 is 12.4 Å². The van der Waals surface area contributed by atoms with Gasteiger partial charge in [0.05, 0.1) is 0 Å². The Morgan fingerprint density at radius 1 is 0.812 bits per heavy atom. The summed E-state index contributed by atoms with van der Waals surface area (Å²) in [5.41, 5.74) is 4.21. The van der Waals surface area contributed by atoms with Gasteiger partial charge in [-0.1, -0.05) is 24.3 Å². The number of nitrogens with zero attached hydrogens (tertiary/aromatic N) is 3. The largest absolute Gasteiger partial charge is 0.508 e. The van der Waals surface area contributed by atoms with Crippen LogP contribution in [0.5, 0.6) is 5.75 Å². The normalized spacial score (nSPS) is 23.8. The highest BCUT2D eigenvalue weighted by Crippen LogP contribution is 2.36. The van der Waals surface area contributed by atoms with Gasteiger partial charge in [-0.2, -0.15) is 0 Å². The van der Waals surface area contributed by atoms with Gasteiger partial charge in [0.2, 0.25) is 0 Å². The SMILES string of the molecule is Cl.Oc1ccc2c(c1)C[C@H]1[C@@H](CCCN1CCCCN1CCN(c3ccccc3)CC1)C2. The summed E-state index contributed by atoms with van der Waals surface area (Å²) >= 11 is 0. The predicted molar refractivity (Wildman–Crippen MR) is 135 cm³/mol. The Bertz CT molecular complexity index is 853. The van der Waals surface area contributed by atoms with E-state index >= 15 is 0 Å². The molecule has 5 heteroatoms. The number of benzene rings is 2. The van der Waals surface area contributed by atoms with Gasteiger partial charge < -0.3 is 10.0 Å². The van der Waals surface area contributed by atoms with Gasteiger partial charge in [0.1, 0.15) is 5.75 Å². The van der Waals surface area contributed by atoms with Crippen LogP contribution in [0.2, 0.25) is 0 Å². The average Bonchev–Trinajstić information content (AvgIpc) is 2.81. The summed E-state index contributed by atoms with van der Waals surface area (Å²) in [6, 6.07) is 17.5. The Morgan fingerprint density at radius 3 is 2.41 bits per heavy atom. The first-order chi connectivity index (χ1) is 15.3. The maximum absolute atomic E-state index is 9.91. The van der Waals surface area contributed by atoms with Crippen molar-refractivity contribution >= 4 is 18.1 Å². The molecule has 2 atom stereocenters. The summed E-state index contributed by atoms with van der Waals surface area (Å²) in [4.78, 5) is 7.94. The number of para-hydroxylation sites is 1. The van der Waals surface area contributed by atoms with Gasteiger partial charge in [-0.25, -0.2) is 0 Å². The van der Waals surface area contributed by atoms with Crippen LogP contribution in [0.1, 0.15) is 36.8 Å². The molecule has 1 N–H and O–H groups in total. The Hall–Kier alpha value is -1.75. The number of rotatable bonds is 6. The highest BCUT2D eigenvalue weighted by molar-refractivity contribution is 5.85. The van der Waals surface area contributed by atoms with Gasteiger partial charge >= 0.3 is 0 Å². The molecule has 5 rings (SSSR count). The third-order valence-corrected chi connectivity index (χ3v) is 7.80. The lowest BCUT2D eigenvalue weighted by molar-refractivity contribution is 0.0825. The molecular formula is C27H38ClN3O. The van der Waals surface area contributed by atoms with Crippen LogP contribution in [0.4, 0.5) is 5.69 Å². The van der Waals surface area contributed by atoms with Crippen LogP contribution in [0.25, 0.3) is 0 Å². The molecule has 0 radical (unpaired) electrons. The van der Waals surface area contributed by atoms with E-state index < -0.39 is 0 Å². The molecule has 1 aliphatic carbocycles. The van der Waals surface area contributed by atoms with Gasteiger partial charge in [0.15, 0.2) is 0 Å². The van der Waals surface area contributed by atoms with E-state index in [1.54, 1.807) is 0 Å². The van der Waals surface area contributed by atoms with Gasteiger partial charge in [-0.05, 0) is 99.5 Å². The first-order valence-corrected chi connectivity index (χ1v) is 12.3. The van der Waals surface area contributed by atoms with Gasteiger partial charge in [-0.15, -0.1) is 12.4 Å². The number of phenolic OH excluding ortho intramolecular Hbond substituents is 1. The highest BCUT2D eigenvalue weighted by atomic mass is 35.5. The quantitative estimate of drug-likeness (QED) is 0.645. The van der Waals surface area contributed by atoms with Crippen molar-refractivity contribution in [1.82, 2.24) is 9.80 Å². The zero-order valence-corrected chi connectivity index (χ0v) is 20.0. The number of phenols is 1. The Balaban J connectivity index is 0.00000245. The third kappa shape index (κ3) is 5.41. The molecule has 3 aliphatic rings. The van der Waals surface area contributed by atoms with Gasteiger partial charge in [0, 0.05) is 37.9 Å². The van der Waals surface area contributed by atoms with E-state index in [0.717, 1.165) is 25.4 Å². The van der Waals surface area contributed by atoms with E-state index in [9.17, 15) is 5.11 Å². The summed E-state index contributed by atoms with van der Waals surface area (Å²) in [5.74, 6) is 1.23. The van der Waals surface area contributed by atoms with Crippen LogP contribution in [-0.2, 0) is 12.8 Å². The maximum atomic E-state index is 9.91. The van der Waals surface area contributed by atoms with Crippen LogP contribution in [0.15, 0.2) is 48.5 Å². The summed E-state index contributed by atoms with van der Waals surface area (Å²) < 4.78 is 0. The van der Waals surface area contributed by atoms with Crippen LogP contribution in [0.3, 0.4) is 0 Å². The molecule has 0 unspecified atom stereocenters. The number of fused-ring (bicyclic) bond motifs is 2. The first kappa shape index (κ1) is 23.4. The summed E-state index contributed by atoms with van der Waals surface area (Å²) in [6.45, 7) is 8.39. The summed E-state index contributed by atoms with van der Waals surface area (Å²) in [6.07, 6.45) is 7.63. The second kappa shape index (κ2) is 10.9. The molecule has 2 aliphatic heterocycles. The standard InChI is InChI=1S/C27H37N3O.ClH/c31-26-11-10-22-19-23-7-6-14-30(27(23)21-24(22)20-26)13-5-4-12-28-15-17-29(18-16-28)25-8-2-1-3-9-25;/h1-3,8-11,20,23,27,31H,4-7,12-19,21H2;1H/t23-,27-;/m0./s1. The lowest BCUT2D eigenvalue weighted by atomic mass is 9.75. The predicted octanol–water partition coefficient (Wildman–Crippen LogP) is 4.60. The third-order valence-electron chi connectivity index (χ3n) is 7.80. The lowest BCUT2D eigenvalue weighted by Gasteiger charge is -2.45. The number of anilines is 1. The van der Waals surface area contributed by atoms with Crippen molar-refractivity contribution in [2.24, 2.45) is 5.92 Å². The summed E-state index contributed by atoms with van der Waals surface area (Å²) in [5, 5.41) is 9.91. The molecular weight excluding hydrogens is 418 g/mol. The van der Waals surface area contributed by atoms with Crippen molar-refractivity contribution < 1.29 is 5.11 Å². The Kier molecular flexibility index (Phi) is 7.98. The molecule has 0 saturated carbocycles. The van der Waals surface area contributed by atoms with E-state index in [2.05, 4.69) is 51.1 Å². The number of likely N-dealkylation sites (tertiary alicyclic amines) is 1. The first-order valence-electron chi connectivity index (χ1n) is 12.3. The monoisotopic (exact) mass is 455 g/mol. The van der Waals surface area contributed by atoms with Crippen molar-refractivity contribution in [3.8, 4) is 5.75 Å². The fourth-order valence-electron chi connectivity index (χ4n) is 6.05. The van der Waals surface area contributed by atoms with Crippen LogP contribution in [0, 0.1) is 5.92 Å². The highest BCUT2D eigenvalue weighted by Gasteiger charge is 2.35. The molecule has 4 nitrogen and oxygen atoms in total. The molecule has 0 aromatic heterocycles. The van der Waals surface area contributed by atoms with E-state index in [-0.39, 0.29) is 12.4 Å². The minimum absolute atomic E-state index is 0. The number of aromatic hydroxyl groups is 1. The fourth-order valence-corrected chi connectivity index (χ4v) is 6.05.